The smallest absolute Gasteiger partial charge is 0.427 e. The van der Waals surface area contributed by atoms with Gasteiger partial charge in [-0.15, -0.1) is 4.67 Å². The normalized spacial score (nSPS) is 24.4. The molecule has 0 saturated carbocycles. The van der Waals surface area contributed by atoms with E-state index in [0.29, 0.717) is 13.2 Å². The van der Waals surface area contributed by atoms with E-state index in [9.17, 15) is 0 Å². The summed E-state index contributed by atoms with van der Waals surface area (Å²) in [4.78, 5) is 5.93. The number of benzene rings is 2. The van der Waals surface area contributed by atoms with E-state index in [1.54, 1.807) is 0 Å². The van der Waals surface area contributed by atoms with Gasteiger partial charge < -0.3 is 13.6 Å². The van der Waals surface area contributed by atoms with E-state index >= 15 is 0 Å². The zero-order chi connectivity index (χ0) is 30.4. The van der Waals surface area contributed by atoms with E-state index in [4.69, 9.17) is 27.7 Å². The molecule has 0 radical (unpaired) electrons. The van der Waals surface area contributed by atoms with Crippen molar-refractivity contribution in [1.82, 2.24) is 0 Å². The second kappa shape index (κ2) is 11.7. The van der Waals surface area contributed by atoms with Crippen molar-refractivity contribution >= 4 is 17.0 Å². The van der Waals surface area contributed by atoms with E-state index < -0.39 is 22.6 Å². The highest BCUT2D eigenvalue weighted by atomic mass is 31.2. The first-order valence-electron chi connectivity index (χ1n) is 14.6. The number of rotatable bonds is 4. The van der Waals surface area contributed by atoms with Crippen LogP contribution >= 0.6 is 17.0 Å². The van der Waals surface area contributed by atoms with Crippen LogP contribution in [0.2, 0.25) is 0 Å². The first-order chi connectivity index (χ1) is 18.8. The SMILES string of the molecule is CC(C)(C)c1ccc(OP2CCC3(CO2)COP(Oc2ccc(C(C)(C)C)cc2C(C)(C)C)OO3)c(C(C)(C)C)c1. The summed E-state index contributed by atoms with van der Waals surface area (Å²) >= 11 is 0. The van der Waals surface area contributed by atoms with Crippen molar-refractivity contribution in [3.8, 4) is 11.5 Å². The van der Waals surface area contributed by atoms with Crippen LogP contribution in [-0.2, 0) is 40.3 Å². The zero-order valence-corrected chi connectivity index (χ0v) is 28.9. The lowest BCUT2D eigenvalue weighted by molar-refractivity contribution is -0.334. The van der Waals surface area contributed by atoms with Gasteiger partial charge in [0.15, 0.2) is 5.60 Å². The van der Waals surface area contributed by atoms with Gasteiger partial charge in [-0.2, -0.15) is 0 Å². The molecule has 2 aliphatic rings. The van der Waals surface area contributed by atoms with Crippen molar-refractivity contribution in [1.29, 1.82) is 0 Å². The molecule has 0 aliphatic carbocycles. The summed E-state index contributed by atoms with van der Waals surface area (Å²) in [5, 5.41) is 0. The topological polar surface area (TPSA) is 55.4 Å². The molecule has 1 spiro atoms. The van der Waals surface area contributed by atoms with Crippen LogP contribution < -0.4 is 9.05 Å². The quantitative estimate of drug-likeness (QED) is 0.256. The van der Waals surface area contributed by atoms with Gasteiger partial charge in [0.2, 0.25) is 8.38 Å². The summed E-state index contributed by atoms with van der Waals surface area (Å²) in [5.74, 6) is 1.66. The van der Waals surface area contributed by atoms with Crippen molar-refractivity contribution in [3.05, 3.63) is 58.7 Å². The van der Waals surface area contributed by atoms with Crippen LogP contribution in [0.5, 0.6) is 11.5 Å². The molecular formula is C33H50O6P2. The van der Waals surface area contributed by atoms with E-state index in [2.05, 4.69) is 113 Å². The van der Waals surface area contributed by atoms with Crippen LogP contribution in [0.15, 0.2) is 36.4 Å². The minimum atomic E-state index is -1.68. The van der Waals surface area contributed by atoms with Crippen LogP contribution in [0.4, 0.5) is 0 Å². The van der Waals surface area contributed by atoms with Crippen LogP contribution in [0.1, 0.15) is 112 Å². The lowest BCUT2D eigenvalue weighted by atomic mass is 9.80. The molecule has 0 aromatic heterocycles. The van der Waals surface area contributed by atoms with Crippen molar-refractivity contribution < 1.29 is 27.7 Å². The Balaban J connectivity index is 1.37. The average molecular weight is 605 g/mol. The van der Waals surface area contributed by atoms with Crippen molar-refractivity contribution in [2.45, 2.75) is 117 Å². The molecule has 3 atom stereocenters. The van der Waals surface area contributed by atoms with E-state index in [1.165, 1.54) is 16.7 Å². The molecule has 2 saturated heterocycles. The van der Waals surface area contributed by atoms with Gasteiger partial charge in [0.25, 0.3) is 0 Å². The summed E-state index contributed by atoms with van der Waals surface area (Å²) < 4.78 is 30.7. The van der Waals surface area contributed by atoms with Crippen molar-refractivity contribution in [3.63, 3.8) is 0 Å². The molecule has 8 heteroatoms. The maximum atomic E-state index is 6.48. The second-order valence-corrected chi connectivity index (χ2v) is 18.1. The van der Waals surface area contributed by atoms with Gasteiger partial charge in [-0.1, -0.05) is 107 Å². The Morgan fingerprint density at radius 1 is 0.634 bits per heavy atom. The molecule has 2 aromatic rings. The standard InChI is InChI=1S/C33H50O6P2/c1-29(2,3)23-13-15-27(25(19-23)31(7,8)9)36-40-18-17-33(21-34-40)22-35-41(39-38-33)37-28-16-14-24(30(4,5)6)20-26(28)32(10,11)12/h13-16,19-20H,17-18,21-22H2,1-12H3. The van der Waals surface area contributed by atoms with Gasteiger partial charge >= 0.3 is 8.60 Å². The predicted molar refractivity (Wildman–Crippen MR) is 169 cm³/mol. The van der Waals surface area contributed by atoms with Gasteiger partial charge in [-0.25, -0.2) is 4.89 Å². The minimum absolute atomic E-state index is 0.0471. The monoisotopic (exact) mass is 604 g/mol. The summed E-state index contributed by atoms with van der Waals surface area (Å²) in [6.45, 7) is 27.3. The second-order valence-electron chi connectivity index (χ2n) is 15.5. The average Bonchev–Trinajstić information content (AvgIpc) is 2.85. The number of hydrogen-bond donors (Lipinski definition) is 0. The molecule has 4 rings (SSSR count). The molecule has 0 N–H and O–H groups in total. The highest BCUT2D eigenvalue weighted by Gasteiger charge is 2.46. The Labute approximate surface area is 250 Å². The molecule has 2 aliphatic heterocycles. The van der Waals surface area contributed by atoms with E-state index in [0.717, 1.165) is 29.6 Å². The Kier molecular flexibility index (Phi) is 9.30. The lowest BCUT2D eigenvalue weighted by Crippen LogP contribution is -2.47. The summed E-state index contributed by atoms with van der Waals surface area (Å²) in [6.07, 6.45) is 1.45. The van der Waals surface area contributed by atoms with Gasteiger partial charge in [-0.3, -0.25) is 4.52 Å². The number of hydrogen-bond acceptors (Lipinski definition) is 6. The van der Waals surface area contributed by atoms with Crippen LogP contribution in [-0.4, -0.2) is 25.0 Å². The first-order valence-corrected chi connectivity index (χ1v) is 17.1. The maximum absolute atomic E-state index is 6.48. The summed E-state index contributed by atoms with van der Waals surface area (Å²) in [5.41, 5.74) is 4.20. The third-order valence-electron chi connectivity index (χ3n) is 7.61. The van der Waals surface area contributed by atoms with E-state index in [1.807, 2.05) is 6.07 Å². The Morgan fingerprint density at radius 3 is 1.51 bits per heavy atom. The fraction of sp³-hybridized carbons (Fsp3) is 0.636. The fourth-order valence-corrected chi connectivity index (χ4v) is 7.38. The molecule has 0 amide bonds. The molecule has 2 aromatic carbocycles. The Bertz CT molecular complexity index is 1100. The third-order valence-corrected chi connectivity index (χ3v) is 9.90. The molecule has 6 nitrogen and oxygen atoms in total. The van der Waals surface area contributed by atoms with Gasteiger partial charge in [0, 0.05) is 17.3 Å². The largest absolute Gasteiger partial charge is 0.447 e. The molecule has 2 heterocycles. The van der Waals surface area contributed by atoms with Gasteiger partial charge in [0.05, 0.1) is 13.2 Å². The molecular weight excluding hydrogens is 554 g/mol. The third kappa shape index (κ3) is 8.02. The summed E-state index contributed by atoms with van der Waals surface area (Å²) in [7, 11) is -2.78. The molecule has 41 heavy (non-hydrogen) atoms. The highest BCUT2D eigenvalue weighted by Crippen LogP contribution is 2.54. The van der Waals surface area contributed by atoms with Gasteiger partial charge in [0.1, 0.15) is 11.5 Å². The fourth-order valence-electron chi connectivity index (χ4n) is 4.75. The zero-order valence-electron chi connectivity index (χ0n) is 27.1. The first kappa shape index (κ1) is 32.6. The Hall–Kier alpha value is -1.26. The predicted octanol–water partition coefficient (Wildman–Crippen LogP) is 10.0. The summed E-state index contributed by atoms with van der Waals surface area (Å²) in [6, 6.07) is 12.9. The van der Waals surface area contributed by atoms with Crippen LogP contribution in [0.25, 0.3) is 0 Å². The molecule has 3 unspecified atom stereocenters. The van der Waals surface area contributed by atoms with Crippen LogP contribution in [0, 0.1) is 0 Å². The highest BCUT2D eigenvalue weighted by molar-refractivity contribution is 7.47. The molecule has 2 fully saturated rings. The lowest BCUT2D eigenvalue weighted by Gasteiger charge is -2.41. The minimum Gasteiger partial charge on any atom is -0.447 e. The Morgan fingerprint density at radius 2 is 1.12 bits per heavy atom. The van der Waals surface area contributed by atoms with Crippen molar-refractivity contribution in [2.75, 3.05) is 19.4 Å². The van der Waals surface area contributed by atoms with Gasteiger partial charge in [-0.05, 0) is 51.3 Å². The van der Waals surface area contributed by atoms with Crippen LogP contribution in [0.3, 0.4) is 0 Å². The molecule has 228 valence electrons. The molecule has 0 bridgehead atoms. The maximum Gasteiger partial charge on any atom is 0.427 e. The van der Waals surface area contributed by atoms with E-state index in [-0.39, 0.29) is 21.7 Å². The van der Waals surface area contributed by atoms with Crippen molar-refractivity contribution in [2.24, 2.45) is 0 Å².